The van der Waals surface area contributed by atoms with Crippen LogP contribution in [0.4, 0.5) is 5.82 Å². The van der Waals surface area contributed by atoms with Crippen LogP contribution in [0.25, 0.3) is 0 Å². The van der Waals surface area contributed by atoms with Gasteiger partial charge in [-0.15, -0.1) is 5.10 Å². The molecule has 1 rings (SSSR count). The molecule has 1 heterocycles. The van der Waals surface area contributed by atoms with Gasteiger partial charge in [-0.3, -0.25) is 0 Å². The van der Waals surface area contributed by atoms with Crippen molar-refractivity contribution < 1.29 is 0 Å². The maximum atomic E-state index is 5.60. The van der Waals surface area contributed by atoms with Crippen LogP contribution < -0.4 is 5.73 Å². The first-order valence-electron chi connectivity index (χ1n) is 3.82. The first kappa shape index (κ1) is 7.98. The predicted octanol–water partition coefficient (Wildman–Crippen LogP) is 1.32. The van der Waals surface area contributed by atoms with Gasteiger partial charge in [0.2, 0.25) is 0 Å². The Morgan fingerprint density at radius 2 is 2.18 bits per heavy atom. The van der Waals surface area contributed by atoms with Crippen molar-refractivity contribution in [3.63, 3.8) is 0 Å². The van der Waals surface area contributed by atoms with Crippen LogP contribution in [0.3, 0.4) is 0 Å². The topological polar surface area (TPSA) is 51.8 Å². The molecule has 0 saturated heterocycles. The summed E-state index contributed by atoms with van der Waals surface area (Å²) in [7, 11) is 0. The molecule has 0 amide bonds. The van der Waals surface area contributed by atoms with E-state index in [4.69, 9.17) is 5.73 Å². The lowest BCUT2D eigenvalue weighted by Gasteiger charge is -2.01. The molecule has 2 N–H and O–H groups in total. The van der Waals surface area contributed by atoms with Crippen molar-refractivity contribution in [2.24, 2.45) is 0 Å². The summed E-state index contributed by atoms with van der Waals surface area (Å²) in [5.41, 5.74) is 7.65. The lowest BCUT2D eigenvalue weighted by molar-refractivity contribution is 0.887. The second kappa shape index (κ2) is 3.32. The maximum Gasteiger partial charge on any atom is 0.149 e. The first-order chi connectivity index (χ1) is 5.24. The van der Waals surface area contributed by atoms with Gasteiger partial charge in [0.15, 0.2) is 0 Å². The third kappa shape index (κ3) is 1.90. The molecule has 0 spiro atoms. The Balaban J connectivity index is 2.93. The molecule has 0 aromatic carbocycles. The number of aryl methyl sites for hydroxylation is 2. The fourth-order valence-electron chi connectivity index (χ4n) is 1.02. The minimum absolute atomic E-state index is 0.567. The molecule has 0 atom stereocenters. The Hall–Kier alpha value is -1.12. The van der Waals surface area contributed by atoms with E-state index in [9.17, 15) is 0 Å². The Morgan fingerprint density at radius 3 is 2.82 bits per heavy atom. The standard InChI is InChI=1S/C8H13N3/c1-3-4-7-5-6(2)10-11-8(7)9/h5H,3-4H2,1-2H3,(H2,9,11). The summed E-state index contributed by atoms with van der Waals surface area (Å²) in [5.74, 6) is 0.567. The molecule has 0 aliphatic carbocycles. The summed E-state index contributed by atoms with van der Waals surface area (Å²) in [6.45, 7) is 4.04. The second-order valence-electron chi connectivity index (χ2n) is 2.65. The molecule has 0 bridgehead atoms. The largest absolute Gasteiger partial charge is 0.382 e. The number of hydrogen-bond acceptors (Lipinski definition) is 3. The minimum atomic E-state index is 0.567. The van der Waals surface area contributed by atoms with Crippen molar-refractivity contribution in [2.75, 3.05) is 5.73 Å². The maximum absolute atomic E-state index is 5.60. The van der Waals surface area contributed by atoms with Gasteiger partial charge in [-0.2, -0.15) is 5.10 Å². The third-order valence-corrected chi connectivity index (χ3v) is 1.55. The molecule has 60 valence electrons. The summed E-state index contributed by atoms with van der Waals surface area (Å²) in [4.78, 5) is 0. The summed E-state index contributed by atoms with van der Waals surface area (Å²) in [6, 6.07) is 1.99. The van der Waals surface area contributed by atoms with Crippen LogP contribution in [0, 0.1) is 6.92 Å². The summed E-state index contributed by atoms with van der Waals surface area (Å²) >= 11 is 0. The van der Waals surface area contributed by atoms with Crippen molar-refractivity contribution in [3.8, 4) is 0 Å². The molecule has 3 nitrogen and oxygen atoms in total. The lowest BCUT2D eigenvalue weighted by Crippen LogP contribution is -2.00. The highest BCUT2D eigenvalue weighted by Gasteiger charge is 1.99. The monoisotopic (exact) mass is 151 g/mol. The molecule has 1 aromatic rings. The van der Waals surface area contributed by atoms with Crippen molar-refractivity contribution in [1.82, 2.24) is 10.2 Å². The van der Waals surface area contributed by atoms with Crippen LogP contribution in [0.15, 0.2) is 6.07 Å². The molecular formula is C8H13N3. The van der Waals surface area contributed by atoms with E-state index in [-0.39, 0.29) is 0 Å². The first-order valence-corrected chi connectivity index (χ1v) is 3.82. The van der Waals surface area contributed by atoms with Gasteiger partial charge in [-0.1, -0.05) is 13.3 Å². The van der Waals surface area contributed by atoms with Gasteiger partial charge in [-0.25, -0.2) is 0 Å². The molecule has 0 radical (unpaired) electrons. The summed E-state index contributed by atoms with van der Waals surface area (Å²) in [5, 5.41) is 7.67. The van der Waals surface area contributed by atoms with Crippen LogP contribution in [0.5, 0.6) is 0 Å². The van der Waals surface area contributed by atoms with Gasteiger partial charge in [0.1, 0.15) is 5.82 Å². The summed E-state index contributed by atoms with van der Waals surface area (Å²) in [6.07, 6.45) is 2.08. The van der Waals surface area contributed by atoms with Gasteiger partial charge >= 0.3 is 0 Å². The number of rotatable bonds is 2. The van der Waals surface area contributed by atoms with Crippen LogP contribution >= 0.6 is 0 Å². The Kier molecular flexibility index (Phi) is 2.41. The van der Waals surface area contributed by atoms with Gasteiger partial charge in [0.05, 0.1) is 5.69 Å². The zero-order chi connectivity index (χ0) is 8.27. The summed E-state index contributed by atoms with van der Waals surface area (Å²) < 4.78 is 0. The molecule has 0 aliphatic heterocycles. The zero-order valence-corrected chi connectivity index (χ0v) is 6.96. The minimum Gasteiger partial charge on any atom is -0.382 e. The number of aromatic nitrogens is 2. The molecule has 1 aromatic heterocycles. The van der Waals surface area contributed by atoms with E-state index < -0.39 is 0 Å². The van der Waals surface area contributed by atoms with E-state index >= 15 is 0 Å². The van der Waals surface area contributed by atoms with E-state index in [0.717, 1.165) is 24.1 Å². The quantitative estimate of drug-likeness (QED) is 0.693. The van der Waals surface area contributed by atoms with Crippen LogP contribution in [-0.4, -0.2) is 10.2 Å². The normalized spacial score (nSPS) is 10.0. The van der Waals surface area contributed by atoms with Crippen LogP contribution in [0.2, 0.25) is 0 Å². The highest BCUT2D eigenvalue weighted by Crippen LogP contribution is 2.09. The van der Waals surface area contributed by atoms with E-state index in [0.29, 0.717) is 5.82 Å². The van der Waals surface area contributed by atoms with Crippen LogP contribution in [0.1, 0.15) is 24.6 Å². The molecule has 0 unspecified atom stereocenters. The number of hydrogen-bond donors (Lipinski definition) is 1. The lowest BCUT2D eigenvalue weighted by atomic mass is 10.1. The van der Waals surface area contributed by atoms with E-state index in [2.05, 4.69) is 17.1 Å². The number of nitrogens with two attached hydrogens (primary N) is 1. The van der Waals surface area contributed by atoms with Crippen molar-refractivity contribution in [3.05, 3.63) is 17.3 Å². The SMILES string of the molecule is CCCc1cc(C)nnc1N. The second-order valence-corrected chi connectivity index (χ2v) is 2.65. The number of nitrogen functional groups attached to an aromatic ring is 1. The smallest absolute Gasteiger partial charge is 0.149 e. The van der Waals surface area contributed by atoms with Gasteiger partial charge < -0.3 is 5.73 Å². The number of anilines is 1. The van der Waals surface area contributed by atoms with Gasteiger partial charge in [0, 0.05) is 0 Å². The highest BCUT2D eigenvalue weighted by molar-refractivity contribution is 5.38. The van der Waals surface area contributed by atoms with Gasteiger partial charge in [-0.05, 0) is 25.0 Å². The van der Waals surface area contributed by atoms with Crippen molar-refractivity contribution in [2.45, 2.75) is 26.7 Å². The molecular weight excluding hydrogens is 138 g/mol. The highest BCUT2D eigenvalue weighted by atomic mass is 15.1. The Labute approximate surface area is 66.6 Å². The van der Waals surface area contributed by atoms with E-state index in [1.165, 1.54) is 0 Å². The molecule has 0 aliphatic rings. The average Bonchev–Trinajstić information content (AvgIpc) is 1.98. The van der Waals surface area contributed by atoms with E-state index in [1.807, 2.05) is 13.0 Å². The molecule has 0 fully saturated rings. The fourth-order valence-corrected chi connectivity index (χ4v) is 1.02. The van der Waals surface area contributed by atoms with E-state index in [1.54, 1.807) is 0 Å². The molecule has 0 saturated carbocycles. The Bertz CT molecular complexity index is 245. The fraction of sp³-hybridized carbons (Fsp3) is 0.500. The Morgan fingerprint density at radius 1 is 1.45 bits per heavy atom. The third-order valence-electron chi connectivity index (χ3n) is 1.55. The average molecular weight is 151 g/mol. The van der Waals surface area contributed by atoms with Gasteiger partial charge in [0.25, 0.3) is 0 Å². The number of nitrogens with zero attached hydrogens (tertiary/aromatic N) is 2. The molecule has 11 heavy (non-hydrogen) atoms. The van der Waals surface area contributed by atoms with Crippen molar-refractivity contribution >= 4 is 5.82 Å². The molecule has 3 heteroatoms. The predicted molar refractivity (Wildman–Crippen MR) is 45.2 cm³/mol. The van der Waals surface area contributed by atoms with Crippen LogP contribution in [-0.2, 0) is 6.42 Å². The van der Waals surface area contributed by atoms with Crippen molar-refractivity contribution in [1.29, 1.82) is 0 Å². The zero-order valence-electron chi connectivity index (χ0n) is 6.96.